The van der Waals surface area contributed by atoms with Crippen molar-refractivity contribution in [2.45, 2.75) is 19.6 Å². The summed E-state index contributed by atoms with van der Waals surface area (Å²) in [5.41, 5.74) is 0.908. The van der Waals surface area contributed by atoms with Crippen molar-refractivity contribution in [3.05, 3.63) is 115 Å². The number of nitrogens with one attached hydrogen (secondary N) is 1. The number of benzene rings is 3. The van der Waals surface area contributed by atoms with Crippen molar-refractivity contribution in [2.75, 3.05) is 0 Å². The first kappa shape index (κ1) is 21.5. The number of amides is 1. The number of hydrogen-bond acceptors (Lipinski definition) is 3. The highest BCUT2D eigenvalue weighted by atomic mass is 35.5. The SMILES string of the molecule is O=C(Cn1c(=O)c(=O)n(Cc2ccccc2)c2ccc(Cl)cc21)NCc1ccc(F)cc1. The molecule has 1 aromatic heterocycles. The molecule has 32 heavy (non-hydrogen) atoms. The first-order valence-electron chi connectivity index (χ1n) is 9.90. The smallest absolute Gasteiger partial charge is 0.317 e. The summed E-state index contributed by atoms with van der Waals surface area (Å²) in [5.74, 6) is -0.830. The molecule has 0 aliphatic heterocycles. The van der Waals surface area contributed by atoms with Crippen molar-refractivity contribution >= 4 is 28.5 Å². The minimum atomic E-state index is -0.812. The maximum atomic E-state index is 13.0. The van der Waals surface area contributed by atoms with Gasteiger partial charge in [0.05, 0.1) is 17.6 Å². The van der Waals surface area contributed by atoms with Gasteiger partial charge in [-0.1, -0.05) is 54.1 Å². The molecule has 4 rings (SSSR count). The zero-order valence-electron chi connectivity index (χ0n) is 16.9. The fraction of sp³-hybridized carbons (Fsp3) is 0.125. The lowest BCUT2D eigenvalue weighted by molar-refractivity contribution is -0.121. The molecule has 0 aliphatic rings. The lowest BCUT2D eigenvalue weighted by Crippen LogP contribution is -2.44. The zero-order valence-corrected chi connectivity index (χ0v) is 17.7. The second kappa shape index (κ2) is 9.20. The number of fused-ring (bicyclic) bond motifs is 1. The van der Waals surface area contributed by atoms with E-state index in [-0.39, 0.29) is 25.5 Å². The van der Waals surface area contributed by atoms with E-state index < -0.39 is 17.0 Å². The van der Waals surface area contributed by atoms with Crippen LogP contribution < -0.4 is 16.4 Å². The van der Waals surface area contributed by atoms with Gasteiger partial charge in [-0.25, -0.2) is 4.39 Å². The van der Waals surface area contributed by atoms with Crippen LogP contribution in [0.5, 0.6) is 0 Å². The molecule has 0 bridgehead atoms. The Bertz CT molecular complexity index is 1400. The average Bonchev–Trinajstić information content (AvgIpc) is 2.80. The van der Waals surface area contributed by atoms with E-state index >= 15 is 0 Å². The molecule has 0 saturated carbocycles. The highest BCUT2D eigenvalue weighted by molar-refractivity contribution is 6.31. The molecule has 6 nitrogen and oxygen atoms in total. The van der Waals surface area contributed by atoms with Crippen LogP contribution in [0.4, 0.5) is 4.39 Å². The van der Waals surface area contributed by atoms with Gasteiger partial charge in [-0.05, 0) is 41.5 Å². The van der Waals surface area contributed by atoms with Crippen molar-refractivity contribution in [1.82, 2.24) is 14.5 Å². The predicted octanol–water partition coefficient (Wildman–Crippen LogP) is 3.32. The number of carbonyl (C=O) groups is 1. The van der Waals surface area contributed by atoms with Crippen LogP contribution in [0.3, 0.4) is 0 Å². The van der Waals surface area contributed by atoms with Gasteiger partial charge in [-0.2, -0.15) is 0 Å². The van der Waals surface area contributed by atoms with Crippen LogP contribution in [-0.4, -0.2) is 15.0 Å². The summed E-state index contributed by atoms with van der Waals surface area (Å²) in [6.07, 6.45) is 0. The van der Waals surface area contributed by atoms with E-state index in [0.29, 0.717) is 21.6 Å². The number of aromatic nitrogens is 2. The van der Waals surface area contributed by atoms with Gasteiger partial charge >= 0.3 is 11.1 Å². The quantitative estimate of drug-likeness (QED) is 0.457. The Hall–Kier alpha value is -3.71. The van der Waals surface area contributed by atoms with Gasteiger partial charge in [-0.15, -0.1) is 0 Å². The summed E-state index contributed by atoms with van der Waals surface area (Å²) >= 11 is 6.15. The molecule has 0 fully saturated rings. The van der Waals surface area contributed by atoms with E-state index in [0.717, 1.165) is 10.1 Å². The molecule has 0 spiro atoms. The van der Waals surface area contributed by atoms with E-state index in [1.54, 1.807) is 30.3 Å². The van der Waals surface area contributed by atoms with Crippen LogP contribution in [0.25, 0.3) is 11.0 Å². The average molecular weight is 452 g/mol. The van der Waals surface area contributed by atoms with Crippen molar-refractivity contribution in [2.24, 2.45) is 0 Å². The van der Waals surface area contributed by atoms with Crippen LogP contribution in [-0.2, 0) is 24.4 Å². The third-order valence-electron chi connectivity index (χ3n) is 5.08. The van der Waals surface area contributed by atoms with Crippen LogP contribution in [0.15, 0.2) is 82.4 Å². The molecular formula is C24H19ClFN3O3. The molecule has 0 aliphatic carbocycles. The fourth-order valence-electron chi connectivity index (χ4n) is 3.47. The molecule has 0 saturated heterocycles. The van der Waals surface area contributed by atoms with Crippen molar-refractivity contribution in [3.63, 3.8) is 0 Å². The minimum absolute atomic E-state index is 0.164. The molecule has 4 aromatic rings. The Balaban J connectivity index is 1.67. The topological polar surface area (TPSA) is 73.1 Å². The number of carbonyl (C=O) groups excluding carboxylic acids is 1. The van der Waals surface area contributed by atoms with E-state index in [1.165, 1.54) is 16.7 Å². The maximum Gasteiger partial charge on any atom is 0.317 e. The third kappa shape index (κ3) is 4.63. The highest BCUT2D eigenvalue weighted by Crippen LogP contribution is 2.18. The van der Waals surface area contributed by atoms with Gasteiger partial charge in [-0.3, -0.25) is 23.5 Å². The third-order valence-corrected chi connectivity index (χ3v) is 5.32. The maximum absolute atomic E-state index is 13.0. The van der Waals surface area contributed by atoms with Crippen molar-refractivity contribution < 1.29 is 9.18 Å². The normalized spacial score (nSPS) is 10.9. The van der Waals surface area contributed by atoms with Gasteiger partial charge in [0.25, 0.3) is 0 Å². The summed E-state index contributed by atoms with van der Waals surface area (Å²) in [6, 6.07) is 19.9. The Morgan fingerprint density at radius 3 is 2.25 bits per heavy atom. The van der Waals surface area contributed by atoms with Gasteiger partial charge in [0.1, 0.15) is 12.4 Å². The Morgan fingerprint density at radius 2 is 1.53 bits per heavy atom. The summed E-state index contributed by atoms with van der Waals surface area (Å²) in [6.45, 7) is 0.0283. The number of hydrogen-bond donors (Lipinski definition) is 1. The molecule has 1 heterocycles. The van der Waals surface area contributed by atoms with E-state index in [9.17, 15) is 18.8 Å². The van der Waals surface area contributed by atoms with Gasteiger partial charge < -0.3 is 5.32 Å². The molecule has 1 N–H and O–H groups in total. The standard InChI is InChI=1S/C24H19ClFN3O3/c25-18-8-11-20-21(12-18)29(15-22(30)27-13-16-6-9-19(26)10-7-16)24(32)23(31)28(20)14-17-4-2-1-3-5-17/h1-12H,13-15H2,(H,27,30). The molecule has 0 unspecified atom stereocenters. The zero-order chi connectivity index (χ0) is 22.7. The summed E-state index contributed by atoms with van der Waals surface area (Å²) in [7, 11) is 0. The lowest BCUT2D eigenvalue weighted by Gasteiger charge is -2.15. The summed E-state index contributed by atoms with van der Waals surface area (Å²) < 4.78 is 15.6. The van der Waals surface area contributed by atoms with E-state index in [4.69, 9.17) is 11.6 Å². The predicted molar refractivity (Wildman–Crippen MR) is 121 cm³/mol. The first-order chi connectivity index (χ1) is 15.4. The van der Waals surface area contributed by atoms with Crippen molar-refractivity contribution in [3.8, 4) is 0 Å². The number of rotatable bonds is 6. The number of nitrogens with zero attached hydrogens (tertiary/aromatic N) is 2. The Kier molecular flexibility index (Phi) is 6.18. The summed E-state index contributed by atoms with van der Waals surface area (Å²) in [5, 5.41) is 3.06. The molecule has 1 amide bonds. The monoisotopic (exact) mass is 451 g/mol. The highest BCUT2D eigenvalue weighted by Gasteiger charge is 2.16. The van der Waals surface area contributed by atoms with E-state index in [2.05, 4.69) is 5.32 Å². The molecule has 8 heteroatoms. The molecule has 0 atom stereocenters. The van der Waals surface area contributed by atoms with Crippen LogP contribution in [0.1, 0.15) is 11.1 Å². The van der Waals surface area contributed by atoms with Crippen LogP contribution >= 0.6 is 11.6 Å². The van der Waals surface area contributed by atoms with Gasteiger partial charge in [0, 0.05) is 11.6 Å². The second-order valence-corrected chi connectivity index (χ2v) is 7.74. The molecule has 0 radical (unpaired) electrons. The lowest BCUT2D eigenvalue weighted by atomic mass is 10.2. The second-order valence-electron chi connectivity index (χ2n) is 7.30. The fourth-order valence-corrected chi connectivity index (χ4v) is 3.64. The van der Waals surface area contributed by atoms with Gasteiger partial charge in [0.15, 0.2) is 0 Å². The number of halogens is 2. The molecule has 162 valence electrons. The first-order valence-corrected chi connectivity index (χ1v) is 10.3. The Labute approximate surface area is 187 Å². The summed E-state index contributed by atoms with van der Waals surface area (Å²) in [4.78, 5) is 38.4. The van der Waals surface area contributed by atoms with Crippen molar-refractivity contribution in [1.29, 1.82) is 0 Å². The van der Waals surface area contributed by atoms with E-state index in [1.807, 2.05) is 30.3 Å². The minimum Gasteiger partial charge on any atom is -0.350 e. The molecule has 3 aromatic carbocycles. The van der Waals surface area contributed by atoms with Crippen LogP contribution in [0.2, 0.25) is 5.02 Å². The van der Waals surface area contributed by atoms with Gasteiger partial charge in [0.2, 0.25) is 5.91 Å². The Morgan fingerprint density at radius 1 is 0.844 bits per heavy atom. The molecular weight excluding hydrogens is 433 g/mol. The largest absolute Gasteiger partial charge is 0.350 e. The van der Waals surface area contributed by atoms with Crippen LogP contribution in [0, 0.1) is 5.82 Å².